The van der Waals surface area contributed by atoms with Crippen LogP contribution in [0, 0.1) is 5.92 Å². The molecule has 1 aromatic heterocycles. The maximum Gasteiger partial charge on any atom is 0.309 e. The Labute approximate surface area is 205 Å². The zero-order valence-corrected chi connectivity index (χ0v) is 20.8. The molecule has 1 amide bonds. The van der Waals surface area contributed by atoms with Crippen LogP contribution in [-0.2, 0) is 16.1 Å². The van der Waals surface area contributed by atoms with Crippen LogP contribution in [0.2, 0.25) is 0 Å². The van der Waals surface area contributed by atoms with Crippen molar-refractivity contribution in [3.8, 4) is 0 Å². The summed E-state index contributed by atoms with van der Waals surface area (Å²) in [6.07, 6.45) is 2.99. The number of guanidine groups is 1. The third-order valence-corrected chi connectivity index (χ3v) is 5.09. The number of hydrogen-bond acceptors (Lipinski definition) is 5. The number of benzene rings is 1. The predicted molar refractivity (Wildman–Crippen MR) is 134 cm³/mol. The smallest absolute Gasteiger partial charge is 0.309 e. The number of likely N-dealkylation sites (tertiary alicyclic amines) is 1. The van der Waals surface area contributed by atoms with Gasteiger partial charge >= 0.3 is 5.97 Å². The van der Waals surface area contributed by atoms with Crippen LogP contribution in [0.15, 0.2) is 52.1 Å². The maximum absolute atomic E-state index is 12.2. The number of esters is 1. The van der Waals surface area contributed by atoms with E-state index in [2.05, 4.69) is 15.5 Å². The molecule has 0 radical (unpaired) electrons. The van der Waals surface area contributed by atoms with Gasteiger partial charge in [-0.2, -0.15) is 0 Å². The predicted octanol–water partition coefficient (Wildman–Crippen LogP) is 3.89. The van der Waals surface area contributed by atoms with E-state index in [4.69, 9.17) is 14.1 Å². The molecule has 3 rings (SSSR count). The highest BCUT2D eigenvalue weighted by Crippen LogP contribution is 2.19. The fourth-order valence-electron chi connectivity index (χ4n) is 3.53. The number of aliphatic imine (C=N–C) groups is 1. The van der Waals surface area contributed by atoms with E-state index in [0.717, 1.165) is 44.0 Å². The lowest BCUT2D eigenvalue weighted by Crippen LogP contribution is -2.46. The Balaban J connectivity index is 0.00000363. The first-order chi connectivity index (χ1) is 15.1. The van der Waals surface area contributed by atoms with Crippen molar-refractivity contribution in [2.45, 2.75) is 33.2 Å². The first kappa shape index (κ1) is 25.7. The van der Waals surface area contributed by atoms with Crippen molar-refractivity contribution >= 4 is 47.5 Å². The van der Waals surface area contributed by atoms with Crippen molar-refractivity contribution in [2.24, 2.45) is 10.9 Å². The number of nitrogens with one attached hydrogen (secondary N) is 2. The highest BCUT2D eigenvalue weighted by molar-refractivity contribution is 14.0. The second kappa shape index (κ2) is 13.1. The summed E-state index contributed by atoms with van der Waals surface area (Å²) < 4.78 is 10.3. The van der Waals surface area contributed by atoms with Gasteiger partial charge < -0.3 is 24.7 Å². The molecule has 1 aliphatic heterocycles. The molecule has 1 aromatic carbocycles. The van der Waals surface area contributed by atoms with Crippen molar-refractivity contribution in [1.82, 2.24) is 10.2 Å². The van der Waals surface area contributed by atoms with E-state index in [1.807, 2.05) is 38.1 Å². The Hall–Kier alpha value is -2.56. The van der Waals surface area contributed by atoms with Gasteiger partial charge in [0.15, 0.2) is 11.7 Å². The third kappa shape index (κ3) is 7.25. The van der Waals surface area contributed by atoms with Crippen molar-refractivity contribution < 1.29 is 18.7 Å². The average molecular weight is 554 g/mol. The Bertz CT molecular complexity index is 893. The van der Waals surface area contributed by atoms with Gasteiger partial charge in [0.2, 0.25) is 0 Å². The van der Waals surface area contributed by atoms with Crippen LogP contribution in [0.1, 0.15) is 42.8 Å². The maximum atomic E-state index is 12.2. The molecule has 1 saturated heterocycles. The van der Waals surface area contributed by atoms with Gasteiger partial charge in [0, 0.05) is 25.3 Å². The van der Waals surface area contributed by atoms with Gasteiger partial charge in [-0.3, -0.25) is 9.59 Å². The SMILES string of the molecule is CCNC(=NCc1cccc(NC(=O)c2ccco2)c1)N1CCC(C(=O)OCC)CC1.I. The van der Waals surface area contributed by atoms with Gasteiger partial charge in [0.1, 0.15) is 0 Å². The molecule has 2 aromatic rings. The summed E-state index contributed by atoms with van der Waals surface area (Å²) in [6, 6.07) is 10.9. The first-order valence-electron chi connectivity index (χ1n) is 10.7. The van der Waals surface area contributed by atoms with Gasteiger partial charge in [-0.1, -0.05) is 12.1 Å². The summed E-state index contributed by atoms with van der Waals surface area (Å²) in [5.41, 5.74) is 1.67. The van der Waals surface area contributed by atoms with E-state index in [9.17, 15) is 9.59 Å². The van der Waals surface area contributed by atoms with E-state index in [0.29, 0.717) is 18.8 Å². The van der Waals surface area contributed by atoms with Gasteiger partial charge in [-0.05, 0) is 56.5 Å². The molecule has 0 atom stereocenters. The molecule has 0 aliphatic carbocycles. The number of piperidine rings is 1. The number of carbonyl (C=O) groups is 2. The molecule has 32 heavy (non-hydrogen) atoms. The number of ether oxygens (including phenoxy) is 1. The zero-order chi connectivity index (χ0) is 22.1. The Kier molecular flexibility index (Phi) is 10.5. The topological polar surface area (TPSA) is 96.2 Å². The van der Waals surface area contributed by atoms with Crippen molar-refractivity contribution in [1.29, 1.82) is 0 Å². The molecule has 2 heterocycles. The van der Waals surface area contributed by atoms with Crippen molar-refractivity contribution in [2.75, 3.05) is 31.6 Å². The molecule has 8 nitrogen and oxygen atoms in total. The molecule has 0 bridgehead atoms. The standard InChI is InChI=1S/C23H30N4O4.HI/c1-3-24-23(27-12-10-18(11-13-27)22(29)30-4-2)25-16-17-7-5-8-19(15-17)26-21(28)20-9-6-14-31-20;/h5-9,14-15,18H,3-4,10-13,16H2,1-2H3,(H,24,25)(H,26,28);1H. The third-order valence-electron chi connectivity index (χ3n) is 5.09. The minimum Gasteiger partial charge on any atom is -0.466 e. The van der Waals surface area contributed by atoms with Crippen LogP contribution in [-0.4, -0.2) is 49.0 Å². The molecule has 0 spiro atoms. The molecule has 1 fully saturated rings. The van der Waals surface area contributed by atoms with Crippen molar-refractivity contribution in [3.63, 3.8) is 0 Å². The minimum absolute atomic E-state index is 0. The number of hydrogen-bond donors (Lipinski definition) is 2. The first-order valence-corrected chi connectivity index (χ1v) is 10.7. The Morgan fingerprint density at radius 1 is 1.19 bits per heavy atom. The highest BCUT2D eigenvalue weighted by atomic mass is 127. The normalized spacial score (nSPS) is 14.4. The number of nitrogens with zero attached hydrogens (tertiary/aromatic N) is 2. The molecular formula is C23H31IN4O4. The fraction of sp³-hybridized carbons (Fsp3) is 0.435. The second-order valence-electron chi connectivity index (χ2n) is 7.32. The number of rotatable bonds is 7. The quantitative estimate of drug-likeness (QED) is 0.234. The summed E-state index contributed by atoms with van der Waals surface area (Å²) in [5.74, 6) is 0.674. The highest BCUT2D eigenvalue weighted by Gasteiger charge is 2.27. The van der Waals surface area contributed by atoms with E-state index < -0.39 is 0 Å². The molecule has 174 valence electrons. The molecule has 0 saturated carbocycles. The van der Waals surface area contributed by atoms with Gasteiger partial charge in [0.05, 0.1) is 25.3 Å². The van der Waals surface area contributed by atoms with E-state index in [1.54, 1.807) is 12.1 Å². The van der Waals surface area contributed by atoms with Crippen LogP contribution in [0.5, 0.6) is 0 Å². The largest absolute Gasteiger partial charge is 0.466 e. The monoisotopic (exact) mass is 554 g/mol. The lowest BCUT2D eigenvalue weighted by molar-refractivity contribution is -0.149. The Morgan fingerprint density at radius 3 is 2.62 bits per heavy atom. The van der Waals surface area contributed by atoms with Crippen molar-refractivity contribution in [3.05, 3.63) is 54.0 Å². The zero-order valence-electron chi connectivity index (χ0n) is 18.5. The number of carbonyl (C=O) groups excluding carboxylic acids is 2. The summed E-state index contributed by atoms with van der Waals surface area (Å²) in [7, 11) is 0. The van der Waals surface area contributed by atoms with E-state index in [-0.39, 0.29) is 47.5 Å². The summed E-state index contributed by atoms with van der Waals surface area (Å²) in [6.45, 7) is 7.04. The van der Waals surface area contributed by atoms with Crippen LogP contribution >= 0.6 is 24.0 Å². The van der Waals surface area contributed by atoms with Crippen LogP contribution < -0.4 is 10.6 Å². The average Bonchev–Trinajstić information content (AvgIpc) is 3.32. The molecular weight excluding hydrogens is 523 g/mol. The lowest BCUT2D eigenvalue weighted by atomic mass is 9.97. The summed E-state index contributed by atoms with van der Waals surface area (Å²) in [5, 5.41) is 6.17. The fourth-order valence-corrected chi connectivity index (χ4v) is 3.53. The number of furan rings is 1. The Morgan fingerprint density at radius 2 is 1.97 bits per heavy atom. The molecule has 9 heteroatoms. The second-order valence-corrected chi connectivity index (χ2v) is 7.32. The molecule has 2 N–H and O–H groups in total. The van der Waals surface area contributed by atoms with Crippen LogP contribution in [0.3, 0.4) is 0 Å². The van der Waals surface area contributed by atoms with Gasteiger partial charge in [-0.25, -0.2) is 4.99 Å². The number of halogens is 1. The van der Waals surface area contributed by atoms with Crippen LogP contribution in [0.25, 0.3) is 0 Å². The molecule has 1 aliphatic rings. The van der Waals surface area contributed by atoms with Crippen LogP contribution in [0.4, 0.5) is 5.69 Å². The number of anilines is 1. The lowest BCUT2D eigenvalue weighted by Gasteiger charge is -2.33. The minimum atomic E-state index is -0.288. The van der Waals surface area contributed by atoms with E-state index in [1.165, 1.54) is 6.26 Å². The molecule has 0 unspecified atom stereocenters. The van der Waals surface area contributed by atoms with Gasteiger partial charge in [-0.15, -0.1) is 24.0 Å². The van der Waals surface area contributed by atoms with Gasteiger partial charge in [0.25, 0.3) is 5.91 Å². The summed E-state index contributed by atoms with van der Waals surface area (Å²) >= 11 is 0. The number of amides is 1. The van der Waals surface area contributed by atoms with E-state index >= 15 is 0 Å². The summed E-state index contributed by atoms with van der Waals surface area (Å²) in [4.78, 5) is 31.1.